The minimum absolute atomic E-state index is 0.241. The third-order valence-electron chi connectivity index (χ3n) is 4.68. The summed E-state index contributed by atoms with van der Waals surface area (Å²) in [5, 5.41) is 16.3. The van der Waals surface area contributed by atoms with E-state index in [-0.39, 0.29) is 5.91 Å². The SMILES string of the molecule is O=C(Nc1ccc(Cl)cc1C(O)c1ccccc1)c1ccc2ccccc2c1. The van der Waals surface area contributed by atoms with Gasteiger partial charge in [0.15, 0.2) is 0 Å². The van der Waals surface area contributed by atoms with Crippen molar-refractivity contribution in [3.05, 3.63) is 113 Å². The molecule has 4 rings (SSSR count). The molecule has 1 unspecified atom stereocenters. The fraction of sp³-hybridized carbons (Fsp3) is 0.0417. The molecule has 0 radical (unpaired) electrons. The maximum absolute atomic E-state index is 12.8. The fourth-order valence-corrected chi connectivity index (χ4v) is 3.39. The average molecular weight is 388 g/mol. The van der Waals surface area contributed by atoms with Gasteiger partial charge >= 0.3 is 0 Å². The first-order valence-electron chi connectivity index (χ1n) is 8.94. The topological polar surface area (TPSA) is 49.3 Å². The molecule has 138 valence electrons. The van der Waals surface area contributed by atoms with Gasteiger partial charge in [-0.05, 0) is 46.7 Å². The average Bonchev–Trinajstić information content (AvgIpc) is 2.74. The minimum Gasteiger partial charge on any atom is -0.384 e. The number of aliphatic hydroxyl groups excluding tert-OH is 1. The van der Waals surface area contributed by atoms with Crippen LogP contribution in [0.2, 0.25) is 5.02 Å². The number of carbonyl (C=O) groups excluding carboxylic acids is 1. The third kappa shape index (κ3) is 3.77. The van der Waals surface area contributed by atoms with Gasteiger partial charge in [-0.1, -0.05) is 72.3 Å². The normalized spacial score (nSPS) is 11.9. The molecule has 4 aromatic rings. The number of rotatable bonds is 4. The summed E-state index contributed by atoms with van der Waals surface area (Å²) in [6.07, 6.45) is -0.896. The van der Waals surface area contributed by atoms with Crippen LogP contribution >= 0.6 is 11.6 Å². The summed E-state index contributed by atoms with van der Waals surface area (Å²) in [5.41, 5.74) is 2.35. The van der Waals surface area contributed by atoms with Gasteiger partial charge in [-0.25, -0.2) is 0 Å². The number of amides is 1. The zero-order valence-electron chi connectivity index (χ0n) is 15.0. The van der Waals surface area contributed by atoms with E-state index in [2.05, 4.69) is 5.32 Å². The number of fused-ring (bicyclic) bond motifs is 1. The molecular formula is C24H18ClNO2. The Kier molecular flexibility index (Phi) is 5.11. The number of benzene rings is 4. The molecule has 28 heavy (non-hydrogen) atoms. The third-order valence-corrected chi connectivity index (χ3v) is 4.92. The van der Waals surface area contributed by atoms with Crippen molar-refractivity contribution in [3.8, 4) is 0 Å². The quantitative estimate of drug-likeness (QED) is 0.463. The lowest BCUT2D eigenvalue weighted by molar-refractivity contribution is 0.102. The molecule has 4 heteroatoms. The van der Waals surface area contributed by atoms with Gasteiger partial charge in [0.2, 0.25) is 0 Å². The van der Waals surface area contributed by atoms with Crippen LogP contribution in [-0.4, -0.2) is 11.0 Å². The Balaban J connectivity index is 1.66. The highest BCUT2D eigenvalue weighted by Crippen LogP contribution is 2.31. The van der Waals surface area contributed by atoms with Crippen LogP contribution in [-0.2, 0) is 0 Å². The molecule has 0 aromatic heterocycles. The van der Waals surface area contributed by atoms with E-state index in [1.807, 2.05) is 66.7 Å². The predicted molar refractivity (Wildman–Crippen MR) is 114 cm³/mol. The lowest BCUT2D eigenvalue weighted by Crippen LogP contribution is -2.14. The summed E-state index contributed by atoms with van der Waals surface area (Å²) in [4.78, 5) is 12.8. The second-order valence-corrected chi connectivity index (χ2v) is 7.00. The predicted octanol–water partition coefficient (Wildman–Crippen LogP) is 5.83. The molecule has 3 nitrogen and oxygen atoms in total. The van der Waals surface area contributed by atoms with Gasteiger partial charge in [-0.3, -0.25) is 4.79 Å². The van der Waals surface area contributed by atoms with Crippen LogP contribution < -0.4 is 5.32 Å². The highest BCUT2D eigenvalue weighted by molar-refractivity contribution is 6.30. The van der Waals surface area contributed by atoms with Crippen LogP contribution in [0.15, 0.2) is 91.0 Å². The van der Waals surface area contributed by atoms with Gasteiger partial charge < -0.3 is 10.4 Å². The Bertz CT molecular complexity index is 1140. The van der Waals surface area contributed by atoms with Crippen molar-refractivity contribution in [2.45, 2.75) is 6.10 Å². The molecular weight excluding hydrogens is 370 g/mol. The Morgan fingerprint density at radius 1 is 0.821 bits per heavy atom. The van der Waals surface area contributed by atoms with Crippen molar-refractivity contribution in [1.29, 1.82) is 0 Å². The fourth-order valence-electron chi connectivity index (χ4n) is 3.21. The Morgan fingerprint density at radius 2 is 1.54 bits per heavy atom. The molecule has 0 aliphatic carbocycles. The number of hydrogen-bond donors (Lipinski definition) is 2. The number of aliphatic hydroxyl groups is 1. The largest absolute Gasteiger partial charge is 0.384 e. The monoisotopic (exact) mass is 387 g/mol. The van der Waals surface area contributed by atoms with Crippen LogP contribution in [0.1, 0.15) is 27.6 Å². The molecule has 0 aliphatic rings. The Morgan fingerprint density at radius 3 is 2.32 bits per heavy atom. The van der Waals surface area contributed by atoms with E-state index in [0.29, 0.717) is 21.8 Å². The lowest BCUT2D eigenvalue weighted by Gasteiger charge is -2.17. The molecule has 0 fully saturated rings. The molecule has 0 spiro atoms. The zero-order valence-corrected chi connectivity index (χ0v) is 15.7. The number of halogens is 1. The van der Waals surface area contributed by atoms with Crippen LogP contribution in [0.5, 0.6) is 0 Å². The summed E-state index contributed by atoms with van der Waals surface area (Å²) >= 11 is 6.14. The minimum atomic E-state index is -0.896. The summed E-state index contributed by atoms with van der Waals surface area (Å²) in [7, 11) is 0. The van der Waals surface area contributed by atoms with Crippen LogP contribution in [0.25, 0.3) is 10.8 Å². The molecule has 1 amide bonds. The molecule has 0 heterocycles. The van der Waals surface area contributed by atoms with E-state index in [1.54, 1.807) is 24.3 Å². The molecule has 0 aliphatic heterocycles. The number of hydrogen-bond acceptors (Lipinski definition) is 2. The van der Waals surface area contributed by atoms with Crippen molar-refractivity contribution in [1.82, 2.24) is 0 Å². The van der Waals surface area contributed by atoms with E-state index in [1.165, 1.54) is 0 Å². The van der Waals surface area contributed by atoms with Gasteiger partial charge in [0.1, 0.15) is 6.10 Å². The summed E-state index contributed by atoms with van der Waals surface area (Å²) in [6, 6.07) is 27.8. The van der Waals surface area contributed by atoms with Gasteiger partial charge in [0, 0.05) is 21.8 Å². The van der Waals surface area contributed by atoms with Gasteiger partial charge in [-0.15, -0.1) is 0 Å². The molecule has 0 bridgehead atoms. The van der Waals surface area contributed by atoms with E-state index in [4.69, 9.17) is 11.6 Å². The number of nitrogens with one attached hydrogen (secondary N) is 1. The zero-order chi connectivity index (χ0) is 19.5. The van der Waals surface area contributed by atoms with E-state index < -0.39 is 6.10 Å². The Labute approximate surface area is 168 Å². The standard InChI is InChI=1S/C24H18ClNO2/c25-20-12-13-22(21(15-20)23(27)17-7-2-1-3-8-17)26-24(28)19-11-10-16-6-4-5-9-18(16)14-19/h1-15,23,27H,(H,26,28). The molecule has 2 N–H and O–H groups in total. The van der Waals surface area contributed by atoms with Crippen molar-refractivity contribution in [3.63, 3.8) is 0 Å². The van der Waals surface area contributed by atoms with Gasteiger partial charge in [0.05, 0.1) is 0 Å². The first-order valence-corrected chi connectivity index (χ1v) is 9.32. The van der Waals surface area contributed by atoms with Gasteiger partial charge in [0.25, 0.3) is 5.91 Å². The maximum Gasteiger partial charge on any atom is 0.255 e. The van der Waals surface area contributed by atoms with Crippen molar-refractivity contribution < 1.29 is 9.90 Å². The summed E-state index contributed by atoms with van der Waals surface area (Å²) in [5.74, 6) is -0.241. The summed E-state index contributed by atoms with van der Waals surface area (Å²) < 4.78 is 0. The highest BCUT2D eigenvalue weighted by Gasteiger charge is 2.17. The Hall–Kier alpha value is -3.14. The number of carbonyl (C=O) groups is 1. The second kappa shape index (κ2) is 7.85. The van der Waals surface area contributed by atoms with Crippen molar-refractivity contribution in [2.24, 2.45) is 0 Å². The highest BCUT2D eigenvalue weighted by atomic mass is 35.5. The van der Waals surface area contributed by atoms with Crippen molar-refractivity contribution >= 4 is 34.0 Å². The first kappa shape index (κ1) is 18.2. The molecule has 0 saturated heterocycles. The molecule has 4 aromatic carbocycles. The lowest BCUT2D eigenvalue weighted by atomic mass is 9.99. The number of anilines is 1. The molecule has 0 saturated carbocycles. The van der Waals surface area contributed by atoms with E-state index in [0.717, 1.165) is 16.3 Å². The van der Waals surface area contributed by atoms with Crippen molar-refractivity contribution in [2.75, 3.05) is 5.32 Å². The van der Waals surface area contributed by atoms with Crippen LogP contribution in [0, 0.1) is 0 Å². The van der Waals surface area contributed by atoms with E-state index in [9.17, 15) is 9.90 Å². The maximum atomic E-state index is 12.8. The first-order chi connectivity index (χ1) is 13.6. The second-order valence-electron chi connectivity index (χ2n) is 6.56. The molecule has 1 atom stereocenters. The van der Waals surface area contributed by atoms with Gasteiger partial charge in [-0.2, -0.15) is 0 Å². The van der Waals surface area contributed by atoms with Crippen LogP contribution in [0.4, 0.5) is 5.69 Å². The van der Waals surface area contributed by atoms with E-state index >= 15 is 0 Å². The van der Waals surface area contributed by atoms with Crippen LogP contribution in [0.3, 0.4) is 0 Å². The smallest absolute Gasteiger partial charge is 0.255 e. The summed E-state index contributed by atoms with van der Waals surface area (Å²) in [6.45, 7) is 0.